The predicted octanol–water partition coefficient (Wildman–Crippen LogP) is 1.32. The molecule has 3 N–H and O–H groups in total. The molecule has 0 aliphatic heterocycles. The molecule has 2 unspecified atom stereocenters. The van der Waals surface area contributed by atoms with Crippen molar-refractivity contribution in [2.75, 3.05) is 13.2 Å². The van der Waals surface area contributed by atoms with Crippen LogP contribution in [-0.4, -0.2) is 67.2 Å². The number of carbonyl (C=O) groups excluding carboxylic acids is 2. The summed E-state index contributed by atoms with van der Waals surface area (Å²) in [4.78, 5) is 34.9. The number of rotatable bonds is 11. The maximum absolute atomic E-state index is 12.2. The van der Waals surface area contributed by atoms with E-state index in [0.29, 0.717) is 0 Å². The normalized spacial score (nSPS) is 14.0. The van der Waals surface area contributed by atoms with E-state index in [1.54, 1.807) is 0 Å². The predicted molar refractivity (Wildman–Crippen MR) is 81.3 cm³/mol. The molecule has 2 amide bonds. The molecule has 0 aromatic heterocycles. The van der Waals surface area contributed by atoms with Crippen LogP contribution in [0, 0.1) is 0 Å². The third kappa shape index (κ3) is 12.8. The molecule has 0 aliphatic carbocycles. The summed E-state index contributed by atoms with van der Waals surface area (Å²) in [5.41, 5.74) is -0.953. The van der Waals surface area contributed by atoms with Gasteiger partial charge in [0.25, 0.3) is 0 Å². The lowest BCUT2D eigenvalue weighted by Gasteiger charge is -2.24. The van der Waals surface area contributed by atoms with Gasteiger partial charge >= 0.3 is 25.3 Å². The molecule has 0 aromatic rings. The molecule has 0 aliphatic rings. The van der Waals surface area contributed by atoms with Crippen molar-refractivity contribution in [2.45, 2.75) is 58.1 Å². The lowest BCUT2D eigenvalue weighted by atomic mass is 10.2. The number of ether oxygens (including phenoxy) is 3. The number of amides is 2. The highest BCUT2D eigenvalue weighted by Gasteiger charge is 2.29. The molecule has 0 aromatic carbocycles. The molecule has 0 radical (unpaired) electrons. The first-order valence-electron chi connectivity index (χ1n) is 7.64. The van der Waals surface area contributed by atoms with Gasteiger partial charge < -0.3 is 30.0 Å². The largest absolute Gasteiger partial charge is 0.480 e. The van der Waals surface area contributed by atoms with Gasteiger partial charge in [-0.15, -0.1) is 0 Å². The summed E-state index contributed by atoms with van der Waals surface area (Å²) in [5, 5.41) is 12.9. The molecular formula is C14H22F4N2O7. The Morgan fingerprint density at radius 2 is 1.52 bits per heavy atom. The zero-order chi connectivity index (χ0) is 21.2. The molecule has 2 atom stereocenters. The number of alkyl carbamates (subject to hydrolysis) is 1. The van der Waals surface area contributed by atoms with Gasteiger partial charge in [-0.2, -0.15) is 17.6 Å². The van der Waals surface area contributed by atoms with E-state index in [2.05, 4.69) is 9.47 Å². The Labute approximate surface area is 152 Å². The Balaban J connectivity index is 4.96. The third-order valence-corrected chi connectivity index (χ3v) is 2.66. The molecule has 9 nitrogen and oxygen atoms in total. The SMILES string of the molecule is CC(C)(C)OC(=O)NC(COC(F)F)C(=O)NC(CCOC(F)F)C(=O)O. The van der Waals surface area contributed by atoms with Crippen molar-refractivity contribution >= 4 is 18.0 Å². The third-order valence-electron chi connectivity index (χ3n) is 2.66. The van der Waals surface area contributed by atoms with Crippen molar-refractivity contribution < 1.29 is 51.3 Å². The molecule has 0 bridgehead atoms. The van der Waals surface area contributed by atoms with Crippen LogP contribution in [0.25, 0.3) is 0 Å². The van der Waals surface area contributed by atoms with Crippen LogP contribution >= 0.6 is 0 Å². The second-order valence-electron chi connectivity index (χ2n) is 6.11. The van der Waals surface area contributed by atoms with Gasteiger partial charge in [0.05, 0.1) is 13.2 Å². The highest BCUT2D eigenvalue weighted by molar-refractivity contribution is 5.89. The molecule has 13 heteroatoms. The minimum atomic E-state index is -3.25. The van der Waals surface area contributed by atoms with Crippen molar-refractivity contribution in [2.24, 2.45) is 0 Å². The number of halogens is 4. The van der Waals surface area contributed by atoms with Crippen molar-refractivity contribution in [3.63, 3.8) is 0 Å². The molecule has 0 spiro atoms. The number of alkyl halides is 4. The molecule has 27 heavy (non-hydrogen) atoms. The summed E-state index contributed by atoms with van der Waals surface area (Å²) in [6, 6.07) is -3.38. The fourth-order valence-electron chi connectivity index (χ4n) is 1.61. The van der Waals surface area contributed by atoms with E-state index in [1.165, 1.54) is 20.8 Å². The van der Waals surface area contributed by atoms with Crippen molar-refractivity contribution in [1.29, 1.82) is 0 Å². The lowest BCUT2D eigenvalue weighted by molar-refractivity contribution is -0.150. The number of carboxylic acid groups (broad SMARTS) is 1. The van der Waals surface area contributed by atoms with E-state index in [4.69, 9.17) is 9.84 Å². The van der Waals surface area contributed by atoms with Crippen LogP contribution in [-0.2, 0) is 23.8 Å². The Morgan fingerprint density at radius 1 is 0.963 bits per heavy atom. The summed E-state index contributed by atoms with van der Waals surface area (Å²) < 4.78 is 61.0. The van der Waals surface area contributed by atoms with Crippen LogP contribution in [0.3, 0.4) is 0 Å². The second-order valence-corrected chi connectivity index (χ2v) is 6.11. The van der Waals surface area contributed by atoms with Crippen LogP contribution in [0.15, 0.2) is 0 Å². The van der Waals surface area contributed by atoms with Crippen LogP contribution in [0.5, 0.6) is 0 Å². The average Bonchev–Trinajstić information content (AvgIpc) is 2.47. The fourth-order valence-corrected chi connectivity index (χ4v) is 1.61. The molecule has 0 heterocycles. The van der Waals surface area contributed by atoms with Crippen LogP contribution in [0.2, 0.25) is 0 Å². The molecule has 158 valence electrons. The first kappa shape index (κ1) is 24.8. The van der Waals surface area contributed by atoms with Gasteiger partial charge in [0.2, 0.25) is 5.91 Å². The van der Waals surface area contributed by atoms with Gasteiger partial charge in [-0.25, -0.2) is 9.59 Å². The molecular weight excluding hydrogens is 384 g/mol. The average molecular weight is 406 g/mol. The number of hydrogen-bond donors (Lipinski definition) is 3. The van der Waals surface area contributed by atoms with Crippen LogP contribution < -0.4 is 10.6 Å². The standard InChI is InChI=1S/C14H22F4N2O7/c1-14(2,3)27-13(24)20-8(6-26-12(17)18)9(21)19-7(10(22)23)4-5-25-11(15)16/h7-8,11-12H,4-6H2,1-3H3,(H,19,21)(H,20,24)(H,22,23). The Morgan fingerprint density at radius 3 is 1.96 bits per heavy atom. The minimum Gasteiger partial charge on any atom is -0.480 e. The number of carboxylic acids is 1. The summed E-state index contributed by atoms with van der Waals surface area (Å²) in [6.07, 6.45) is -1.66. The minimum absolute atomic E-state index is 0.528. The van der Waals surface area contributed by atoms with Crippen LogP contribution in [0.4, 0.5) is 22.4 Å². The highest BCUT2D eigenvalue weighted by Crippen LogP contribution is 2.08. The summed E-state index contributed by atoms with van der Waals surface area (Å²) in [7, 11) is 0. The van der Waals surface area contributed by atoms with E-state index in [-0.39, 0.29) is 0 Å². The zero-order valence-electron chi connectivity index (χ0n) is 14.8. The molecule has 0 rings (SSSR count). The van der Waals surface area contributed by atoms with Crippen molar-refractivity contribution in [3.8, 4) is 0 Å². The monoisotopic (exact) mass is 406 g/mol. The maximum Gasteiger partial charge on any atom is 0.408 e. The summed E-state index contributed by atoms with van der Waals surface area (Å²) in [5.74, 6) is -2.77. The maximum atomic E-state index is 12.2. The summed E-state index contributed by atoms with van der Waals surface area (Å²) >= 11 is 0. The van der Waals surface area contributed by atoms with E-state index in [9.17, 15) is 31.9 Å². The first-order chi connectivity index (χ1) is 12.3. The van der Waals surface area contributed by atoms with Gasteiger partial charge in [0, 0.05) is 6.42 Å². The van der Waals surface area contributed by atoms with Gasteiger partial charge in [-0.3, -0.25) is 4.79 Å². The van der Waals surface area contributed by atoms with Gasteiger partial charge in [0.15, 0.2) is 0 Å². The second kappa shape index (κ2) is 11.5. The highest BCUT2D eigenvalue weighted by atomic mass is 19.3. The Kier molecular flexibility index (Phi) is 10.6. The Bertz CT molecular complexity index is 500. The zero-order valence-corrected chi connectivity index (χ0v) is 14.8. The van der Waals surface area contributed by atoms with Gasteiger partial charge in [0.1, 0.15) is 17.7 Å². The quantitative estimate of drug-likeness (QED) is 0.442. The van der Waals surface area contributed by atoms with Gasteiger partial charge in [-0.1, -0.05) is 0 Å². The summed E-state index contributed by atoms with van der Waals surface area (Å²) in [6.45, 7) is -3.51. The number of hydrogen-bond acceptors (Lipinski definition) is 6. The molecule has 0 fully saturated rings. The Hall–Kier alpha value is -2.15. The van der Waals surface area contributed by atoms with Crippen molar-refractivity contribution in [1.82, 2.24) is 10.6 Å². The fraction of sp³-hybridized carbons (Fsp3) is 0.786. The van der Waals surface area contributed by atoms with Gasteiger partial charge in [-0.05, 0) is 20.8 Å². The number of aliphatic carboxylic acids is 1. The van der Waals surface area contributed by atoms with E-state index in [0.717, 1.165) is 0 Å². The van der Waals surface area contributed by atoms with E-state index < -0.39 is 68.5 Å². The number of nitrogens with one attached hydrogen (secondary N) is 2. The molecule has 0 saturated heterocycles. The smallest absolute Gasteiger partial charge is 0.408 e. The number of carbonyl (C=O) groups is 3. The van der Waals surface area contributed by atoms with Crippen molar-refractivity contribution in [3.05, 3.63) is 0 Å². The van der Waals surface area contributed by atoms with Crippen LogP contribution in [0.1, 0.15) is 27.2 Å². The lowest BCUT2D eigenvalue weighted by Crippen LogP contribution is -2.54. The van der Waals surface area contributed by atoms with E-state index in [1.807, 2.05) is 10.6 Å². The topological polar surface area (TPSA) is 123 Å². The molecule has 0 saturated carbocycles. The van der Waals surface area contributed by atoms with E-state index >= 15 is 0 Å². The first-order valence-corrected chi connectivity index (χ1v) is 7.64.